The Morgan fingerprint density at radius 1 is 0.433 bits per heavy atom. The van der Waals surface area contributed by atoms with Gasteiger partial charge in [0.1, 0.15) is 24.4 Å². The molecule has 11 heteroatoms. The minimum absolute atomic E-state index is 0.125. The number of carbonyl (C=O) groups excluding carboxylic acids is 2. The van der Waals surface area contributed by atoms with Crippen LogP contribution in [0.1, 0.15) is 367 Å². The topological polar surface area (TPSA) is 175 Å². The van der Waals surface area contributed by atoms with Gasteiger partial charge in [-0.2, -0.15) is 0 Å². The van der Waals surface area contributed by atoms with Gasteiger partial charge in [0.2, 0.25) is 5.91 Å². The molecule has 0 aromatic rings. The Morgan fingerprint density at radius 2 is 0.767 bits per heavy atom. The average Bonchev–Trinajstić information content (AvgIpc) is 1.11. The fourth-order valence-electron chi connectivity index (χ4n) is 12.1. The number of carbonyl (C=O) groups is 2. The third kappa shape index (κ3) is 52.7. The molecule has 11 nitrogen and oxygen atoms in total. The van der Waals surface area contributed by atoms with Crippen LogP contribution >= 0.6 is 0 Å². The summed E-state index contributed by atoms with van der Waals surface area (Å²) in [5.74, 6) is -1.18. The highest BCUT2D eigenvalue weighted by molar-refractivity contribution is 5.80. The van der Waals surface area contributed by atoms with E-state index < -0.39 is 67.4 Å². The minimum atomic E-state index is -1.61. The first-order valence-corrected chi connectivity index (χ1v) is 38.6. The van der Waals surface area contributed by atoms with E-state index in [1.54, 1.807) is 6.08 Å². The molecule has 0 aromatic carbocycles. The van der Waals surface area contributed by atoms with Crippen molar-refractivity contribution in [3.63, 3.8) is 0 Å². The van der Waals surface area contributed by atoms with Crippen molar-refractivity contribution in [1.82, 2.24) is 5.32 Å². The number of aliphatic hydroxyl groups excluding tert-OH is 5. The first-order valence-electron chi connectivity index (χ1n) is 38.6. The molecule has 6 N–H and O–H groups in total. The maximum atomic E-state index is 13.5. The summed E-state index contributed by atoms with van der Waals surface area (Å²) in [4.78, 5) is 26.7. The van der Waals surface area contributed by atoms with E-state index in [-0.39, 0.29) is 13.0 Å². The predicted molar refractivity (Wildman–Crippen MR) is 380 cm³/mol. The standard InChI is InChI=1S/C79H145NO10/c1-4-7-10-13-16-19-22-25-27-29-31-33-35-36-37-39-40-42-44-46-48-51-54-57-60-63-66-72(83)78(87)80-70(71(82)65-62-59-56-53-50-24-21-18-15-12-9-6-3)69-88-79-77(76(86)75(85)73(68-81)89-79)90-74(84)67-64-61-58-55-52-49-47-45-43-41-38-34-32-30-28-26-23-20-17-14-11-8-5-2/h16,19,25-28,31,33,62,65,70-73,75-77,79,81-83,85-86H,4-15,17-18,20-24,29-30,32,34-61,63-64,66-69H2,1-3H3,(H,80,87)/b19-16-,27-25-,28-26+,33-31-,65-62+. The molecule has 1 rings (SSSR count). The maximum absolute atomic E-state index is 13.5. The molecule has 1 fully saturated rings. The van der Waals surface area contributed by atoms with Crippen molar-refractivity contribution in [3.8, 4) is 0 Å². The number of esters is 1. The number of amides is 1. The second kappa shape index (κ2) is 66.4. The number of nitrogens with one attached hydrogen (secondary N) is 1. The van der Waals surface area contributed by atoms with Crippen molar-refractivity contribution >= 4 is 11.9 Å². The van der Waals surface area contributed by atoms with Crippen molar-refractivity contribution in [3.05, 3.63) is 60.8 Å². The fourth-order valence-corrected chi connectivity index (χ4v) is 12.1. The number of hydrogen-bond donors (Lipinski definition) is 6. The van der Waals surface area contributed by atoms with Crippen molar-refractivity contribution in [2.75, 3.05) is 13.2 Å². The zero-order valence-corrected chi connectivity index (χ0v) is 58.8. The zero-order valence-electron chi connectivity index (χ0n) is 58.8. The molecule has 8 atom stereocenters. The van der Waals surface area contributed by atoms with E-state index in [1.165, 1.54) is 250 Å². The highest BCUT2D eigenvalue weighted by Crippen LogP contribution is 2.27. The molecule has 0 spiro atoms. The summed E-state index contributed by atoms with van der Waals surface area (Å²) < 4.78 is 17.7. The highest BCUT2D eigenvalue weighted by Gasteiger charge is 2.47. The summed E-state index contributed by atoms with van der Waals surface area (Å²) in [6, 6.07) is -1.03. The summed E-state index contributed by atoms with van der Waals surface area (Å²) in [7, 11) is 0. The molecular formula is C79H145NO10. The van der Waals surface area contributed by atoms with Crippen LogP contribution in [0, 0.1) is 0 Å². The molecule has 0 aromatic heterocycles. The summed E-state index contributed by atoms with van der Waals surface area (Å²) in [6.07, 6.45) is 75.5. The van der Waals surface area contributed by atoms with E-state index in [0.29, 0.717) is 19.3 Å². The summed E-state index contributed by atoms with van der Waals surface area (Å²) in [5.41, 5.74) is 0. The summed E-state index contributed by atoms with van der Waals surface area (Å²) in [5, 5.41) is 57.4. The quantitative estimate of drug-likeness (QED) is 0.0195. The van der Waals surface area contributed by atoms with E-state index >= 15 is 0 Å². The Kier molecular flexibility index (Phi) is 63.0. The van der Waals surface area contributed by atoms with Gasteiger partial charge in [0.15, 0.2) is 12.4 Å². The molecule has 1 aliphatic heterocycles. The van der Waals surface area contributed by atoms with E-state index in [9.17, 15) is 35.1 Å². The molecule has 1 saturated heterocycles. The van der Waals surface area contributed by atoms with E-state index in [0.717, 1.165) is 70.6 Å². The molecule has 0 saturated carbocycles. The van der Waals surface area contributed by atoms with Gasteiger partial charge in [-0.3, -0.25) is 9.59 Å². The maximum Gasteiger partial charge on any atom is 0.306 e. The molecule has 1 aliphatic rings. The van der Waals surface area contributed by atoms with Gasteiger partial charge in [0, 0.05) is 6.42 Å². The van der Waals surface area contributed by atoms with Gasteiger partial charge in [-0.1, -0.05) is 332 Å². The van der Waals surface area contributed by atoms with Gasteiger partial charge in [-0.05, 0) is 89.9 Å². The molecule has 0 radical (unpaired) electrons. The largest absolute Gasteiger partial charge is 0.454 e. The zero-order chi connectivity index (χ0) is 65.3. The Hall–Kier alpha value is -2.64. The molecule has 0 bridgehead atoms. The Bertz CT molecular complexity index is 1700. The lowest BCUT2D eigenvalue weighted by Gasteiger charge is -2.41. The van der Waals surface area contributed by atoms with Crippen LogP contribution in [-0.4, -0.2) is 99.6 Å². The molecule has 1 amide bonds. The Morgan fingerprint density at radius 3 is 1.18 bits per heavy atom. The molecule has 0 aliphatic carbocycles. The van der Waals surface area contributed by atoms with Gasteiger partial charge in [-0.25, -0.2) is 0 Å². The summed E-state index contributed by atoms with van der Waals surface area (Å²) in [6.45, 7) is 5.81. The van der Waals surface area contributed by atoms with Gasteiger partial charge in [0.05, 0.1) is 25.4 Å². The number of hydrogen-bond acceptors (Lipinski definition) is 10. The molecule has 8 unspecified atom stereocenters. The third-order valence-electron chi connectivity index (χ3n) is 18.1. The van der Waals surface area contributed by atoms with Gasteiger partial charge < -0.3 is 45.1 Å². The van der Waals surface area contributed by atoms with Gasteiger partial charge >= 0.3 is 5.97 Å². The number of ether oxygens (including phenoxy) is 3. The molecule has 526 valence electrons. The average molecular weight is 1270 g/mol. The third-order valence-corrected chi connectivity index (χ3v) is 18.1. The lowest BCUT2D eigenvalue weighted by atomic mass is 9.99. The van der Waals surface area contributed by atoms with Crippen molar-refractivity contribution in [2.45, 2.75) is 416 Å². The highest BCUT2D eigenvalue weighted by atomic mass is 16.7. The van der Waals surface area contributed by atoms with Crippen molar-refractivity contribution in [1.29, 1.82) is 0 Å². The molecular weight excluding hydrogens is 1120 g/mol. The lowest BCUT2D eigenvalue weighted by Crippen LogP contribution is -2.61. The van der Waals surface area contributed by atoms with E-state index in [4.69, 9.17) is 14.2 Å². The van der Waals surface area contributed by atoms with Crippen molar-refractivity contribution < 1.29 is 49.3 Å². The van der Waals surface area contributed by atoms with Gasteiger partial charge in [-0.15, -0.1) is 0 Å². The van der Waals surface area contributed by atoms with Crippen LogP contribution in [0.15, 0.2) is 60.8 Å². The fraction of sp³-hybridized carbons (Fsp3) is 0.848. The second-order valence-corrected chi connectivity index (χ2v) is 26.7. The van der Waals surface area contributed by atoms with Crippen LogP contribution in [0.2, 0.25) is 0 Å². The second-order valence-electron chi connectivity index (χ2n) is 26.7. The monoisotopic (exact) mass is 1270 g/mol. The van der Waals surface area contributed by atoms with Gasteiger partial charge in [0.25, 0.3) is 0 Å². The SMILES string of the molecule is CCCCC/C=C\C/C=C\C/C=C\CCCCCCCCCCCCCCCC(O)C(=O)NC(COC1OC(CO)C(O)C(O)C1OC(=O)CCCCCCCCCCCCCCC/C=C/CCCCCCCC)C(O)/C=C/CCCCCCCCCCCC. The minimum Gasteiger partial charge on any atom is -0.454 e. The van der Waals surface area contributed by atoms with E-state index in [1.807, 2.05) is 6.08 Å². The van der Waals surface area contributed by atoms with Crippen LogP contribution in [0.5, 0.6) is 0 Å². The van der Waals surface area contributed by atoms with Crippen LogP contribution < -0.4 is 5.32 Å². The van der Waals surface area contributed by atoms with Crippen LogP contribution in [0.25, 0.3) is 0 Å². The number of aliphatic hydroxyl groups is 5. The first-order chi connectivity index (χ1) is 44.2. The smallest absolute Gasteiger partial charge is 0.306 e. The lowest BCUT2D eigenvalue weighted by molar-refractivity contribution is -0.305. The summed E-state index contributed by atoms with van der Waals surface area (Å²) >= 11 is 0. The van der Waals surface area contributed by atoms with Crippen LogP contribution in [-0.2, 0) is 23.8 Å². The Balaban J connectivity index is 2.51. The normalized spacial score (nSPS) is 18.3. The van der Waals surface area contributed by atoms with Crippen molar-refractivity contribution in [2.24, 2.45) is 0 Å². The molecule has 1 heterocycles. The predicted octanol–water partition coefficient (Wildman–Crippen LogP) is 20.5. The van der Waals surface area contributed by atoms with Crippen LogP contribution in [0.4, 0.5) is 0 Å². The number of allylic oxidation sites excluding steroid dienone is 9. The van der Waals surface area contributed by atoms with Crippen LogP contribution in [0.3, 0.4) is 0 Å². The van der Waals surface area contributed by atoms with E-state index in [2.05, 4.69) is 74.7 Å². The number of rotatable bonds is 67. The Labute approximate surface area is 554 Å². The first kappa shape index (κ1) is 85.4. The molecule has 90 heavy (non-hydrogen) atoms. The number of unbranched alkanes of at least 4 members (excludes halogenated alkanes) is 45.